The van der Waals surface area contributed by atoms with E-state index in [-0.39, 0.29) is 0 Å². The molecule has 0 spiro atoms. The van der Waals surface area contributed by atoms with Crippen LogP contribution >= 0.6 is 27.5 Å². The number of fused-ring (bicyclic) bond motifs is 1. The molecule has 0 amide bonds. The zero-order chi connectivity index (χ0) is 9.42. The average Bonchev–Trinajstić information content (AvgIpc) is 2.53. The molecule has 0 unspecified atom stereocenters. The summed E-state index contributed by atoms with van der Waals surface area (Å²) in [6, 6.07) is 1.90. The summed E-state index contributed by atoms with van der Waals surface area (Å²) >= 11 is 9.25. The molecule has 2 nitrogen and oxygen atoms in total. The normalized spacial score (nSPS) is 13.5. The highest BCUT2D eigenvalue weighted by Crippen LogP contribution is 2.41. The summed E-state index contributed by atoms with van der Waals surface area (Å²) < 4.78 is 11.6. The molecule has 0 saturated carbocycles. The number of rotatable bonds is 1. The predicted molar refractivity (Wildman–Crippen MR) is 54.6 cm³/mol. The summed E-state index contributed by atoms with van der Waals surface area (Å²) in [5.41, 5.74) is 2.11. The lowest BCUT2D eigenvalue weighted by atomic mass is 10.1. The number of benzene rings is 1. The first-order valence-electron chi connectivity index (χ1n) is 3.87. The van der Waals surface area contributed by atoms with Crippen LogP contribution in [0.2, 0.25) is 0 Å². The maximum absolute atomic E-state index is 5.81. The van der Waals surface area contributed by atoms with Crippen LogP contribution in [-0.4, -0.2) is 6.79 Å². The van der Waals surface area contributed by atoms with Gasteiger partial charge in [0.05, 0.1) is 0 Å². The Bertz CT molecular complexity index is 348. The fourth-order valence-corrected chi connectivity index (χ4v) is 2.52. The number of hydrogen-bond donors (Lipinski definition) is 0. The van der Waals surface area contributed by atoms with Crippen LogP contribution in [0.5, 0.6) is 11.5 Å². The van der Waals surface area contributed by atoms with E-state index in [0.29, 0.717) is 12.7 Å². The van der Waals surface area contributed by atoms with E-state index in [9.17, 15) is 0 Å². The molecule has 0 fully saturated rings. The minimum Gasteiger partial charge on any atom is -0.454 e. The Morgan fingerprint density at radius 3 is 3.00 bits per heavy atom. The highest BCUT2D eigenvalue weighted by atomic mass is 79.9. The van der Waals surface area contributed by atoms with Gasteiger partial charge in [0.15, 0.2) is 11.5 Å². The molecule has 0 saturated heterocycles. The van der Waals surface area contributed by atoms with Gasteiger partial charge in [0.1, 0.15) is 0 Å². The van der Waals surface area contributed by atoms with Crippen molar-refractivity contribution in [1.29, 1.82) is 0 Å². The van der Waals surface area contributed by atoms with E-state index in [4.69, 9.17) is 21.1 Å². The Morgan fingerprint density at radius 1 is 1.54 bits per heavy atom. The lowest BCUT2D eigenvalue weighted by Gasteiger charge is -2.07. The van der Waals surface area contributed by atoms with Gasteiger partial charge in [-0.25, -0.2) is 0 Å². The Morgan fingerprint density at radius 2 is 2.31 bits per heavy atom. The van der Waals surface area contributed by atoms with Gasteiger partial charge in [0.2, 0.25) is 6.79 Å². The molecule has 2 rings (SSSR count). The molecule has 1 aliphatic heterocycles. The van der Waals surface area contributed by atoms with Gasteiger partial charge in [0, 0.05) is 15.9 Å². The average molecular weight is 264 g/mol. The highest BCUT2D eigenvalue weighted by Gasteiger charge is 2.20. The zero-order valence-electron chi connectivity index (χ0n) is 7.06. The van der Waals surface area contributed by atoms with E-state index in [0.717, 1.165) is 27.1 Å². The molecule has 0 atom stereocenters. The Hall–Kier alpha value is -0.410. The molecule has 0 N–H and O–H groups in total. The van der Waals surface area contributed by atoms with Crippen molar-refractivity contribution >= 4 is 27.5 Å². The second-order valence-electron chi connectivity index (χ2n) is 2.83. The maximum atomic E-state index is 5.81. The van der Waals surface area contributed by atoms with Crippen LogP contribution in [0.4, 0.5) is 0 Å². The smallest absolute Gasteiger partial charge is 0.231 e. The standard InChI is InChI=1S/C9H8BrClO2/c1-5-6(3-11)7(10)2-8-9(5)13-4-12-8/h2H,3-4H2,1H3. The highest BCUT2D eigenvalue weighted by molar-refractivity contribution is 9.10. The van der Waals surface area contributed by atoms with Crippen LogP contribution in [0.1, 0.15) is 11.1 Å². The van der Waals surface area contributed by atoms with Gasteiger partial charge in [-0.15, -0.1) is 11.6 Å². The molecule has 13 heavy (non-hydrogen) atoms. The minimum absolute atomic E-state index is 0.300. The van der Waals surface area contributed by atoms with E-state index in [1.165, 1.54) is 0 Å². The first-order valence-corrected chi connectivity index (χ1v) is 5.20. The van der Waals surface area contributed by atoms with Crippen molar-refractivity contribution in [3.63, 3.8) is 0 Å². The van der Waals surface area contributed by atoms with E-state index in [2.05, 4.69) is 15.9 Å². The largest absolute Gasteiger partial charge is 0.454 e. The molecule has 1 aromatic rings. The molecule has 70 valence electrons. The fraction of sp³-hybridized carbons (Fsp3) is 0.333. The second kappa shape index (κ2) is 3.39. The van der Waals surface area contributed by atoms with Crippen molar-refractivity contribution in [2.45, 2.75) is 12.8 Å². The molecule has 0 aromatic heterocycles. The monoisotopic (exact) mass is 262 g/mol. The van der Waals surface area contributed by atoms with Crippen molar-refractivity contribution in [3.05, 3.63) is 21.7 Å². The van der Waals surface area contributed by atoms with E-state index in [1.54, 1.807) is 0 Å². The van der Waals surface area contributed by atoms with Gasteiger partial charge in [-0.1, -0.05) is 15.9 Å². The first-order chi connectivity index (χ1) is 6.24. The molecule has 0 radical (unpaired) electrons. The van der Waals surface area contributed by atoms with E-state index in [1.807, 2.05) is 13.0 Å². The molecular weight excluding hydrogens is 255 g/mol. The van der Waals surface area contributed by atoms with Crippen LogP contribution in [0.25, 0.3) is 0 Å². The third-order valence-electron chi connectivity index (χ3n) is 2.11. The molecule has 1 heterocycles. The van der Waals surface area contributed by atoms with Crippen molar-refractivity contribution in [3.8, 4) is 11.5 Å². The Kier molecular flexibility index (Phi) is 2.39. The number of ether oxygens (including phenoxy) is 2. The predicted octanol–water partition coefficient (Wildman–Crippen LogP) is 3.23. The van der Waals surface area contributed by atoms with Crippen LogP contribution in [0, 0.1) is 6.92 Å². The molecule has 1 aromatic carbocycles. The van der Waals surface area contributed by atoms with Gasteiger partial charge in [-0.05, 0) is 18.6 Å². The van der Waals surface area contributed by atoms with Crippen LogP contribution in [-0.2, 0) is 5.88 Å². The summed E-state index contributed by atoms with van der Waals surface area (Å²) in [5.74, 6) is 2.08. The van der Waals surface area contributed by atoms with Crippen LogP contribution in [0.3, 0.4) is 0 Å². The van der Waals surface area contributed by atoms with Crippen LogP contribution < -0.4 is 9.47 Å². The Labute approximate surface area is 89.9 Å². The van der Waals surface area contributed by atoms with Gasteiger partial charge in [-0.2, -0.15) is 0 Å². The number of hydrogen-bond acceptors (Lipinski definition) is 2. The van der Waals surface area contributed by atoms with Crippen molar-refractivity contribution in [1.82, 2.24) is 0 Å². The molecule has 1 aliphatic rings. The summed E-state index contributed by atoms with van der Waals surface area (Å²) in [6.45, 7) is 2.28. The zero-order valence-corrected chi connectivity index (χ0v) is 9.41. The number of alkyl halides is 1. The molecule has 0 bridgehead atoms. The Balaban J connectivity index is 2.62. The SMILES string of the molecule is Cc1c(CCl)c(Br)cc2c1OCO2. The van der Waals surface area contributed by atoms with Crippen LogP contribution in [0.15, 0.2) is 10.5 Å². The lowest BCUT2D eigenvalue weighted by molar-refractivity contribution is 0.173. The third kappa shape index (κ3) is 1.40. The van der Waals surface area contributed by atoms with Crippen molar-refractivity contribution in [2.24, 2.45) is 0 Å². The minimum atomic E-state index is 0.300. The molecule has 4 heteroatoms. The number of halogens is 2. The first kappa shape index (κ1) is 9.16. The van der Waals surface area contributed by atoms with Gasteiger partial charge < -0.3 is 9.47 Å². The van der Waals surface area contributed by atoms with E-state index >= 15 is 0 Å². The summed E-state index contributed by atoms with van der Waals surface area (Å²) in [5, 5.41) is 0. The fourth-order valence-electron chi connectivity index (χ4n) is 1.37. The maximum Gasteiger partial charge on any atom is 0.231 e. The van der Waals surface area contributed by atoms with Gasteiger partial charge in [-0.3, -0.25) is 0 Å². The third-order valence-corrected chi connectivity index (χ3v) is 3.09. The lowest BCUT2D eigenvalue weighted by Crippen LogP contribution is -1.94. The summed E-state index contributed by atoms with van der Waals surface area (Å²) in [4.78, 5) is 0. The van der Waals surface area contributed by atoms with Crippen molar-refractivity contribution < 1.29 is 9.47 Å². The summed E-state index contributed by atoms with van der Waals surface area (Å²) in [6.07, 6.45) is 0. The quantitative estimate of drug-likeness (QED) is 0.724. The van der Waals surface area contributed by atoms with E-state index < -0.39 is 0 Å². The second-order valence-corrected chi connectivity index (χ2v) is 3.95. The van der Waals surface area contributed by atoms with Gasteiger partial charge >= 0.3 is 0 Å². The molecule has 0 aliphatic carbocycles. The van der Waals surface area contributed by atoms with Gasteiger partial charge in [0.25, 0.3) is 0 Å². The molecular formula is C9H8BrClO2. The van der Waals surface area contributed by atoms with Crippen molar-refractivity contribution in [2.75, 3.05) is 6.79 Å². The topological polar surface area (TPSA) is 18.5 Å². The summed E-state index contributed by atoms with van der Waals surface area (Å²) in [7, 11) is 0.